The van der Waals surface area contributed by atoms with Crippen LogP contribution in [0.15, 0.2) is 18.2 Å². The normalized spacial score (nSPS) is 12.6. The summed E-state index contributed by atoms with van der Waals surface area (Å²) in [5, 5.41) is 2.97. The zero-order valence-electron chi connectivity index (χ0n) is 9.14. The van der Waals surface area contributed by atoms with E-state index in [1.54, 1.807) is 0 Å². The fourth-order valence-electron chi connectivity index (χ4n) is 1.18. The van der Waals surface area contributed by atoms with Crippen molar-refractivity contribution in [1.29, 1.82) is 0 Å². The topological polar surface area (TPSA) is 21.3 Å². The minimum atomic E-state index is -2.96. The molecule has 0 saturated heterocycles. The first kappa shape index (κ1) is 12.7. The number of alkyl halides is 2. The Bertz CT molecular complexity index is 344. The summed E-state index contributed by atoms with van der Waals surface area (Å²) in [7, 11) is 0. The molecule has 1 atom stereocenters. The summed E-state index contributed by atoms with van der Waals surface area (Å²) in [5.74, 6) is -0.777. The van der Waals surface area contributed by atoms with Crippen LogP contribution in [0, 0.1) is 5.82 Å². The van der Waals surface area contributed by atoms with Crippen LogP contribution in [0.5, 0.6) is 5.75 Å². The van der Waals surface area contributed by atoms with E-state index in [1.165, 1.54) is 12.1 Å². The van der Waals surface area contributed by atoms with Gasteiger partial charge in [-0.05, 0) is 25.5 Å². The van der Waals surface area contributed by atoms with Crippen molar-refractivity contribution in [2.24, 2.45) is 0 Å². The number of rotatable bonds is 5. The molecule has 0 bridgehead atoms. The van der Waals surface area contributed by atoms with Crippen molar-refractivity contribution in [3.8, 4) is 5.75 Å². The van der Waals surface area contributed by atoms with Crippen LogP contribution < -0.4 is 10.1 Å². The average Bonchev–Trinajstić information content (AvgIpc) is 2.21. The third kappa shape index (κ3) is 3.64. The maximum absolute atomic E-state index is 12.9. The molecule has 0 heterocycles. The molecule has 1 unspecified atom stereocenters. The molecule has 0 aliphatic carbocycles. The fourth-order valence-corrected chi connectivity index (χ4v) is 1.18. The summed E-state index contributed by atoms with van der Waals surface area (Å²) in [4.78, 5) is 0. The van der Waals surface area contributed by atoms with Gasteiger partial charge in [-0.2, -0.15) is 8.78 Å². The zero-order chi connectivity index (χ0) is 12.1. The number of nitrogens with one attached hydrogen (secondary N) is 1. The van der Waals surface area contributed by atoms with Gasteiger partial charge in [-0.25, -0.2) is 4.39 Å². The molecule has 0 amide bonds. The maximum atomic E-state index is 12.9. The number of anilines is 1. The lowest BCUT2D eigenvalue weighted by Crippen LogP contribution is -2.15. The predicted molar refractivity (Wildman–Crippen MR) is 56.4 cm³/mol. The SMILES string of the molecule is CCC(C)Nc1ccc(F)cc1OC(F)F. The average molecular weight is 233 g/mol. The van der Waals surface area contributed by atoms with Gasteiger partial charge in [0.15, 0.2) is 5.75 Å². The highest BCUT2D eigenvalue weighted by Crippen LogP contribution is 2.27. The summed E-state index contributed by atoms with van der Waals surface area (Å²) in [6.45, 7) is 0.893. The van der Waals surface area contributed by atoms with E-state index in [4.69, 9.17) is 0 Å². The van der Waals surface area contributed by atoms with Crippen molar-refractivity contribution in [3.63, 3.8) is 0 Å². The van der Waals surface area contributed by atoms with Crippen LogP contribution >= 0.6 is 0 Å². The number of ether oxygens (including phenoxy) is 1. The third-order valence-electron chi connectivity index (χ3n) is 2.17. The first-order valence-electron chi connectivity index (χ1n) is 5.03. The standard InChI is InChI=1S/C11H14F3NO/c1-3-7(2)15-9-5-4-8(12)6-10(9)16-11(13)14/h4-7,11,15H,3H2,1-2H3. The van der Waals surface area contributed by atoms with Crippen LogP contribution in [0.3, 0.4) is 0 Å². The van der Waals surface area contributed by atoms with E-state index in [9.17, 15) is 13.2 Å². The van der Waals surface area contributed by atoms with E-state index in [2.05, 4.69) is 10.1 Å². The lowest BCUT2D eigenvalue weighted by Gasteiger charge is -2.16. The summed E-state index contributed by atoms with van der Waals surface area (Å²) in [6, 6.07) is 3.63. The van der Waals surface area contributed by atoms with Gasteiger partial charge in [0.1, 0.15) is 5.82 Å². The van der Waals surface area contributed by atoms with E-state index in [0.717, 1.165) is 12.5 Å². The second kappa shape index (κ2) is 5.63. The molecule has 0 aliphatic rings. The van der Waals surface area contributed by atoms with Crippen molar-refractivity contribution in [3.05, 3.63) is 24.0 Å². The molecule has 0 aliphatic heterocycles. The van der Waals surface area contributed by atoms with Gasteiger partial charge >= 0.3 is 6.61 Å². The fraction of sp³-hybridized carbons (Fsp3) is 0.455. The largest absolute Gasteiger partial charge is 0.433 e. The molecule has 16 heavy (non-hydrogen) atoms. The van der Waals surface area contributed by atoms with Crippen LogP contribution in [-0.2, 0) is 0 Å². The van der Waals surface area contributed by atoms with Crippen molar-refractivity contribution in [2.45, 2.75) is 32.9 Å². The Morgan fingerprint density at radius 2 is 2.06 bits per heavy atom. The highest BCUT2D eigenvalue weighted by Gasteiger charge is 2.12. The summed E-state index contributed by atoms with van der Waals surface area (Å²) in [6.07, 6.45) is 0.825. The second-order valence-electron chi connectivity index (χ2n) is 3.47. The van der Waals surface area contributed by atoms with Gasteiger partial charge in [0, 0.05) is 12.1 Å². The van der Waals surface area contributed by atoms with E-state index in [0.29, 0.717) is 5.69 Å². The lowest BCUT2D eigenvalue weighted by molar-refractivity contribution is -0.0495. The molecular formula is C11H14F3NO. The lowest BCUT2D eigenvalue weighted by atomic mass is 10.2. The van der Waals surface area contributed by atoms with Crippen LogP contribution in [-0.4, -0.2) is 12.7 Å². The van der Waals surface area contributed by atoms with Crippen molar-refractivity contribution in [2.75, 3.05) is 5.32 Å². The molecule has 1 aromatic carbocycles. The molecular weight excluding hydrogens is 219 g/mol. The van der Waals surface area contributed by atoms with Crippen LogP contribution in [0.2, 0.25) is 0 Å². The Kier molecular flexibility index (Phi) is 4.46. The second-order valence-corrected chi connectivity index (χ2v) is 3.47. The molecule has 5 heteroatoms. The Balaban J connectivity index is 2.88. The van der Waals surface area contributed by atoms with Gasteiger partial charge < -0.3 is 10.1 Å². The Labute approximate surface area is 92.4 Å². The minimum absolute atomic E-state index is 0.102. The summed E-state index contributed by atoms with van der Waals surface area (Å²) < 4.78 is 41.3. The van der Waals surface area contributed by atoms with Gasteiger partial charge in [-0.15, -0.1) is 0 Å². The van der Waals surface area contributed by atoms with Crippen LogP contribution in [0.4, 0.5) is 18.9 Å². The first-order chi connectivity index (χ1) is 7.52. The van der Waals surface area contributed by atoms with Crippen LogP contribution in [0.25, 0.3) is 0 Å². The maximum Gasteiger partial charge on any atom is 0.387 e. The molecule has 1 aromatic rings. The van der Waals surface area contributed by atoms with E-state index in [1.807, 2.05) is 13.8 Å². The molecule has 0 radical (unpaired) electrons. The first-order valence-corrected chi connectivity index (χ1v) is 5.03. The number of hydrogen-bond acceptors (Lipinski definition) is 2. The zero-order valence-corrected chi connectivity index (χ0v) is 9.14. The minimum Gasteiger partial charge on any atom is -0.433 e. The van der Waals surface area contributed by atoms with E-state index in [-0.39, 0.29) is 11.8 Å². The predicted octanol–water partition coefficient (Wildman–Crippen LogP) is 3.64. The molecule has 90 valence electrons. The Hall–Kier alpha value is -1.39. The van der Waals surface area contributed by atoms with Crippen molar-refractivity contribution in [1.82, 2.24) is 0 Å². The highest BCUT2D eigenvalue weighted by atomic mass is 19.3. The van der Waals surface area contributed by atoms with Gasteiger partial charge in [0.2, 0.25) is 0 Å². The Morgan fingerprint density at radius 1 is 1.38 bits per heavy atom. The third-order valence-corrected chi connectivity index (χ3v) is 2.17. The molecule has 0 fully saturated rings. The Morgan fingerprint density at radius 3 is 2.62 bits per heavy atom. The number of halogens is 3. The number of benzene rings is 1. The van der Waals surface area contributed by atoms with Gasteiger partial charge in [0.25, 0.3) is 0 Å². The monoisotopic (exact) mass is 233 g/mol. The van der Waals surface area contributed by atoms with E-state index >= 15 is 0 Å². The molecule has 0 aromatic heterocycles. The molecule has 1 rings (SSSR count). The van der Waals surface area contributed by atoms with Gasteiger partial charge in [-0.1, -0.05) is 6.92 Å². The summed E-state index contributed by atoms with van der Waals surface area (Å²) in [5.41, 5.74) is 0.371. The summed E-state index contributed by atoms with van der Waals surface area (Å²) >= 11 is 0. The molecule has 0 saturated carbocycles. The quantitative estimate of drug-likeness (QED) is 0.838. The van der Waals surface area contributed by atoms with Crippen LogP contribution in [0.1, 0.15) is 20.3 Å². The molecule has 0 spiro atoms. The molecule has 2 nitrogen and oxygen atoms in total. The molecule has 1 N–H and O–H groups in total. The highest BCUT2D eigenvalue weighted by molar-refractivity contribution is 5.56. The van der Waals surface area contributed by atoms with Gasteiger partial charge in [-0.3, -0.25) is 0 Å². The van der Waals surface area contributed by atoms with Crippen molar-refractivity contribution >= 4 is 5.69 Å². The van der Waals surface area contributed by atoms with Gasteiger partial charge in [0.05, 0.1) is 5.69 Å². The number of hydrogen-bond donors (Lipinski definition) is 1. The van der Waals surface area contributed by atoms with Crippen molar-refractivity contribution < 1.29 is 17.9 Å². The van der Waals surface area contributed by atoms with E-state index < -0.39 is 12.4 Å². The smallest absolute Gasteiger partial charge is 0.387 e.